The summed E-state index contributed by atoms with van der Waals surface area (Å²) in [6.45, 7) is 2.51. The van der Waals surface area contributed by atoms with E-state index in [0.717, 1.165) is 31.5 Å². The normalized spacial score (nSPS) is 18.9. The molecule has 0 aliphatic carbocycles. The number of carbonyl (C=O) groups is 1. The average Bonchev–Trinajstić information content (AvgIpc) is 2.45. The lowest BCUT2D eigenvalue weighted by Gasteiger charge is -2.25. The fourth-order valence-corrected chi connectivity index (χ4v) is 2.90. The number of nitrogens with one attached hydrogen (secondary N) is 1. The predicted molar refractivity (Wildman–Crippen MR) is 83.1 cm³/mol. The molecule has 110 valence electrons. The molecule has 1 aliphatic heterocycles. The van der Waals surface area contributed by atoms with Gasteiger partial charge in [0.2, 0.25) is 5.91 Å². The largest absolute Gasteiger partial charge is 0.341 e. The second-order valence-electron chi connectivity index (χ2n) is 5.38. The number of piperidine rings is 1. The lowest BCUT2D eigenvalue weighted by molar-refractivity contribution is -0.131. The minimum absolute atomic E-state index is 0.162. The molecule has 3 nitrogen and oxygen atoms in total. The fraction of sp³-hybridized carbons (Fsp3) is 0.533. The molecule has 1 saturated heterocycles. The molecule has 1 aromatic carbocycles. The van der Waals surface area contributed by atoms with Crippen LogP contribution in [0.3, 0.4) is 0 Å². The van der Waals surface area contributed by atoms with Crippen molar-refractivity contribution in [3.63, 3.8) is 0 Å². The molecule has 1 N–H and O–H groups in total. The van der Waals surface area contributed by atoms with E-state index in [2.05, 4.69) is 5.32 Å². The number of carbonyl (C=O) groups excluding carboxylic acids is 1. The van der Waals surface area contributed by atoms with Gasteiger partial charge in [0.05, 0.1) is 10.0 Å². The van der Waals surface area contributed by atoms with Gasteiger partial charge in [0.25, 0.3) is 0 Å². The van der Waals surface area contributed by atoms with Crippen LogP contribution in [-0.2, 0) is 11.3 Å². The second kappa shape index (κ2) is 7.30. The first-order valence-corrected chi connectivity index (χ1v) is 7.71. The Morgan fingerprint density at radius 2 is 2.25 bits per heavy atom. The van der Waals surface area contributed by atoms with Crippen LogP contribution < -0.4 is 5.32 Å². The van der Waals surface area contributed by atoms with E-state index in [9.17, 15) is 4.79 Å². The first-order valence-electron chi connectivity index (χ1n) is 6.95. The number of benzene rings is 1. The van der Waals surface area contributed by atoms with Gasteiger partial charge in [-0.3, -0.25) is 4.79 Å². The number of rotatable bonds is 4. The van der Waals surface area contributed by atoms with Gasteiger partial charge >= 0.3 is 0 Å². The Labute approximate surface area is 130 Å². The third-order valence-corrected chi connectivity index (χ3v) is 4.59. The summed E-state index contributed by atoms with van der Waals surface area (Å²) >= 11 is 12.1. The van der Waals surface area contributed by atoms with Gasteiger partial charge in [-0.15, -0.1) is 0 Å². The molecular weight excluding hydrogens is 295 g/mol. The molecule has 0 aromatic heterocycles. The van der Waals surface area contributed by atoms with Crippen LogP contribution in [0.4, 0.5) is 0 Å². The minimum Gasteiger partial charge on any atom is -0.341 e. The Hall–Kier alpha value is -0.770. The highest BCUT2D eigenvalue weighted by molar-refractivity contribution is 6.42. The third kappa shape index (κ3) is 4.11. The van der Waals surface area contributed by atoms with Crippen molar-refractivity contribution < 1.29 is 4.79 Å². The summed E-state index contributed by atoms with van der Waals surface area (Å²) in [6.07, 6.45) is 2.88. The number of hydrogen-bond acceptors (Lipinski definition) is 2. The Bertz CT molecular complexity index is 473. The van der Waals surface area contributed by atoms with Gasteiger partial charge < -0.3 is 10.2 Å². The summed E-state index contributed by atoms with van der Waals surface area (Å²) in [5, 5.41) is 4.40. The molecule has 20 heavy (non-hydrogen) atoms. The van der Waals surface area contributed by atoms with E-state index in [0.29, 0.717) is 28.9 Å². The summed E-state index contributed by atoms with van der Waals surface area (Å²) in [5.41, 5.74) is 0.886. The van der Waals surface area contributed by atoms with E-state index in [1.165, 1.54) is 0 Å². The van der Waals surface area contributed by atoms with Gasteiger partial charge in [-0.05, 0) is 43.5 Å². The number of halogens is 2. The van der Waals surface area contributed by atoms with Crippen LogP contribution in [0.25, 0.3) is 0 Å². The molecule has 2 rings (SSSR count). The molecule has 1 heterocycles. The Kier molecular flexibility index (Phi) is 5.70. The zero-order valence-electron chi connectivity index (χ0n) is 11.7. The van der Waals surface area contributed by atoms with Gasteiger partial charge in [0, 0.05) is 20.0 Å². The highest BCUT2D eigenvalue weighted by Crippen LogP contribution is 2.26. The SMILES string of the molecule is CN(Cc1cccc(Cl)c1Cl)C(=O)CC1CCCNC1. The quantitative estimate of drug-likeness (QED) is 0.924. The van der Waals surface area contributed by atoms with Crippen molar-refractivity contribution in [2.24, 2.45) is 5.92 Å². The molecule has 1 aliphatic rings. The maximum atomic E-state index is 12.2. The molecule has 0 saturated carbocycles. The summed E-state index contributed by atoms with van der Waals surface area (Å²) < 4.78 is 0. The van der Waals surface area contributed by atoms with E-state index in [-0.39, 0.29) is 5.91 Å². The highest BCUT2D eigenvalue weighted by Gasteiger charge is 2.19. The van der Waals surface area contributed by atoms with E-state index < -0.39 is 0 Å². The molecule has 5 heteroatoms. The monoisotopic (exact) mass is 314 g/mol. The van der Waals surface area contributed by atoms with Crippen LogP contribution in [0.2, 0.25) is 10.0 Å². The molecule has 1 atom stereocenters. The van der Waals surface area contributed by atoms with Crippen molar-refractivity contribution in [1.82, 2.24) is 10.2 Å². The first kappa shape index (κ1) is 15.6. The van der Waals surface area contributed by atoms with Crippen LogP contribution in [0.5, 0.6) is 0 Å². The second-order valence-corrected chi connectivity index (χ2v) is 6.16. The highest BCUT2D eigenvalue weighted by atomic mass is 35.5. The minimum atomic E-state index is 0.162. The molecule has 0 radical (unpaired) electrons. The molecule has 1 unspecified atom stereocenters. The molecule has 1 fully saturated rings. The van der Waals surface area contributed by atoms with Crippen LogP contribution in [0, 0.1) is 5.92 Å². The third-order valence-electron chi connectivity index (χ3n) is 3.73. The van der Waals surface area contributed by atoms with Crippen molar-refractivity contribution in [1.29, 1.82) is 0 Å². The molecule has 0 spiro atoms. The first-order chi connectivity index (χ1) is 9.58. The van der Waals surface area contributed by atoms with E-state index in [1.54, 1.807) is 11.0 Å². The lowest BCUT2D eigenvalue weighted by Crippen LogP contribution is -2.34. The average molecular weight is 315 g/mol. The van der Waals surface area contributed by atoms with Crippen molar-refractivity contribution in [2.75, 3.05) is 20.1 Å². The zero-order chi connectivity index (χ0) is 14.5. The van der Waals surface area contributed by atoms with Gasteiger partial charge in [-0.25, -0.2) is 0 Å². The van der Waals surface area contributed by atoms with E-state index >= 15 is 0 Å². The van der Waals surface area contributed by atoms with Crippen molar-refractivity contribution in [3.8, 4) is 0 Å². The Balaban J connectivity index is 1.91. The topological polar surface area (TPSA) is 32.3 Å². The maximum Gasteiger partial charge on any atom is 0.222 e. The molecular formula is C15H20Cl2N2O. The standard InChI is InChI=1S/C15H20Cl2N2O/c1-19(10-12-5-2-6-13(16)15(12)17)14(20)8-11-4-3-7-18-9-11/h2,5-6,11,18H,3-4,7-10H2,1H3. The summed E-state index contributed by atoms with van der Waals surface area (Å²) in [6, 6.07) is 5.51. The molecule has 1 aromatic rings. The Morgan fingerprint density at radius 3 is 2.95 bits per heavy atom. The predicted octanol–water partition coefficient (Wildman–Crippen LogP) is 3.34. The van der Waals surface area contributed by atoms with Crippen molar-refractivity contribution in [2.45, 2.75) is 25.8 Å². The maximum absolute atomic E-state index is 12.2. The summed E-state index contributed by atoms with van der Waals surface area (Å²) in [7, 11) is 1.82. The van der Waals surface area contributed by atoms with Gasteiger partial charge in [0.1, 0.15) is 0 Å². The van der Waals surface area contributed by atoms with E-state index in [4.69, 9.17) is 23.2 Å². The smallest absolute Gasteiger partial charge is 0.222 e. The number of nitrogens with zero attached hydrogens (tertiary/aromatic N) is 1. The van der Waals surface area contributed by atoms with Gasteiger partial charge in [-0.1, -0.05) is 35.3 Å². The van der Waals surface area contributed by atoms with Crippen molar-refractivity contribution in [3.05, 3.63) is 33.8 Å². The summed E-state index contributed by atoms with van der Waals surface area (Å²) in [4.78, 5) is 14.0. The van der Waals surface area contributed by atoms with Gasteiger partial charge in [-0.2, -0.15) is 0 Å². The van der Waals surface area contributed by atoms with Crippen LogP contribution >= 0.6 is 23.2 Å². The molecule has 0 bridgehead atoms. The lowest BCUT2D eigenvalue weighted by atomic mass is 9.95. The number of amides is 1. The van der Waals surface area contributed by atoms with Crippen LogP contribution in [-0.4, -0.2) is 30.9 Å². The Morgan fingerprint density at radius 1 is 1.45 bits per heavy atom. The van der Waals surface area contributed by atoms with Gasteiger partial charge in [0.15, 0.2) is 0 Å². The van der Waals surface area contributed by atoms with Crippen LogP contribution in [0.15, 0.2) is 18.2 Å². The molecule has 1 amide bonds. The van der Waals surface area contributed by atoms with Crippen LogP contribution in [0.1, 0.15) is 24.8 Å². The van der Waals surface area contributed by atoms with E-state index in [1.807, 2.05) is 19.2 Å². The fourth-order valence-electron chi connectivity index (χ4n) is 2.52. The summed E-state index contributed by atoms with van der Waals surface area (Å²) in [5.74, 6) is 0.614. The zero-order valence-corrected chi connectivity index (χ0v) is 13.2. The van der Waals surface area contributed by atoms with Crippen molar-refractivity contribution >= 4 is 29.1 Å². The number of hydrogen-bond donors (Lipinski definition) is 1.